The average molecular weight is 395 g/mol. The van der Waals surface area contributed by atoms with Crippen molar-refractivity contribution in [2.75, 3.05) is 0 Å². The Kier molecular flexibility index (Phi) is 5.47. The summed E-state index contributed by atoms with van der Waals surface area (Å²) in [6.07, 6.45) is -0.0631. The van der Waals surface area contributed by atoms with Crippen LogP contribution >= 0.6 is 0 Å². The first kappa shape index (κ1) is 20.0. The van der Waals surface area contributed by atoms with Crippen molar-refractivity contribution >= 4 is 5.91 Å². The fourth-order valence-electron chi connectivity index (χ4n) is 3.31. The number of nitrogens with zero attached hydrogens (tertiary/aromatic N) is 3. The van der Waals surface area contributed by atoms with E-state index in [2.05, 4.69) is 10.4 Å². The summed E-state index contributed by atoms with van der Waals surface area (Å²) >= 11 is 0. The zero-order valence-electron chi connectivity index (χ0n) is 15.4. The summed E-state index contributed by atoms with van der Waals surface area (Å²) in [6, 6.07) is -0.0827. The standard InChI is InChI=1S/C17H22FN5O5/c1-8(2)23-6-5-11(21-23)16(27)19-10-3-4-12(14(25)13(10)24)22-7-9(18)15(26)20-17(22)28/h5-8,10,12-14,24-25H,3-4H2,1-2H3,(H,19,27)(H,20,26,28)/t10-,12-,13-,14-/m1/s1. The Balaban J connectivity index is 1.73. The lowest BCUT2D eigenvalue weighted by atomic mass is 9.85. The Morgan fingerprint density at radius 3 is 2.68 bits per heavy atom. The molecule has 4 N–H and O–H groups in total. The van der Waals surface area contributed by atoms with Crippen molar-refractivity contribution in [3.63, 3.8) is 0 Å². The Hall–Kier alpha value is -2.79. The molecule has 2 heterocycles. The van der Waals surface area contributed by atoms with Gasteiger partial charge >= 0.3 is 5.69 Å². The van der Waals surface area contributed by atoms with E-state index in [1.165, 1.54) is 0 Å². The molecule has 2 aromatic rings. The molecule has 10 nitrogen and oxygen atoms in total. The molecule has 2 aromatic heterocycles. The van der Waals surface area contributed by atoms with Crippen molar-refractivity contribution in [1.82, 2.24) is 24.6 Å². The lowest BCUT2D eigenvalue weighted by Crippen LogP contribution is -2.55. The molecule has 28 heavy (non-hydrogen) atoms. The topological polar surface area (TPSA) is 142 Å². The predicted molar refractivity (Wildman–Crippen MR) is 95.4 cm³/mol. The van der Waals surface area contributed by atoms with Crippen LogP contribution in [0.4, 0.5) is 4.39 Å². The molecule has 1 aliphatic rings. The van der Waals surface area contributed by atoms with E-state index in [1.807, 2.05) is 18.8 Å². The molecule has 0 radical (unpaired) electrons. The minimum Gasteiger partial charge on any atom is -0.388 e. The van der Waals surface area contributed by atoms with E-state index < -0.39 is 47.3 Å². The van der Waals surface area contributed by atoms with Crippen molar-refractivity contribution < 1.29 is 19.4 Å². The molecule has 0 aromatic carbocycles. The van der Waals surface area contributed by atoms with Crippen LogP contribution in [0.25, 0.3) is 0 Å². The lowest BCUT2D eigenvalue weighted by Gasteiger charge is -2.38. The summed E-state index contributed by atoms with van der Waals surface area (Å²) in [5.74, 6) is -1.67. The maximum absolute atomic E-state index is 13.5. The van der Waals surface area contributed by atoms with Crippen LogP contribution in [-0.2, 0) is 0 Å². The third-order valence-corrected chi connectivity index (χ3v) is 4.90. The van der Waals surface area contributed by atoms with Crippen LogP contribution in [-0.4, -0.2) is 53.7 Å². The van der Waals surface area contributed by atoms with Crippen LogP contribution in [0.5, 0.6) is 0 Å². The molecule has 4 atom stereocenters. The van der Waals surface area contributed by atoms with E-state index >= 15 is 0 Å². The quantitative estimate of drug-likeness (QED) is 0.540. The lowest BCUT2D eigenvalue weighted by molar-refractivity contribution is -0.0572. The summed E-state index contributed by atoms with van der Waals surface area (Å²) in [5, 5.41) is 27.6. The number of H-pyrrole nitrogens is 1. The van der Waals surface area contributed by atoms with Crippen LogP contribution < -0.4 is 16.6 Å². The van der Waals surface area contributed by atoms with Gasteiger partial charge in [-0.2, -0.15) is 9.49 Å². The fraction of sp³-hybridized carbons (Fsp3) is 0.529. The maximum Gasteiger partial charge on any atom is 0.328 e. The first-order valence-electron chi connectivity index (χ1n) is 8.92. The summed E-state index contributed by atoms with van der Waals surface area (Å²) in [5.41, 5.74) is -1.86. The van der Waals surface area contributed by atoms with Crippen LogP contribution in [0.3, 0.4) is 0 Å². The van der Waals surface area contributed by atoms with Gasteiger partial charge in [0.1, 0.15) is 17.9 Å². The Morgan fingerprint density at radius 1 is 1.32 bits per heavy atom. The van der Waals surface area contributed by atoms with Crippen molar-refractivity contribution in [3.8, 4) is 0 Å². The van der Waals surface area contributed by atoms with Crippen molar-refractivity contribution in [2.24, 2.45) is 0 Å². The molecule has 1 fully saturated rings. The van der Waals surface area contributed by atoms with E-state index in [-0.39, 0.29) is 24.6 Å². The number of carbonyl (C=O) groups is 1. The first-order valence-corrected chi connectivity index (χ1v) is 8.92. The molecule has 0 saturated heterocycles. The monoisotopic (exact) mass is 395 g/mol. The smallest absolute Gasteiger partial charge is 0.328 e. The van der Waals surface area contributed by atoms with E-state index in [4.69, 9.17) is 0 Å². The number of hydrogen-bond donors (Lipinski definition) is 4. The molecule has 0 spiro atoms. The van der Waals surface area contributed by atoms with Gasteiger partial charge in [-0.25, -0.2) is 4.79 Å². The van der Waals surface area contributed by atoms with Crippen LogP contribution in [0.15, 0.2) is 28.0 Å². The van der Waals surface area contributed by atoms with E-state index in [0.717, 1.165) is 4.57 Å². The summed E-state index contributed by atoms with van der Waals surface area (Å²) < 4.78 is 16.0. The van der Waals surface area contributed by atoms with Gasteiger partial charge in [0.2, 0.25) is 5.82 Å². The predicted octanol–water partition coefficient (Wildman–Crippen LogP) is -0.692. The number of halogens is 1. The van der Waals surface area contributed by atoms with Crippen LogP contribution in [0.1, 0.15) is 49.3 Å². The van der Waals surface area contributed by atoms with Crippen molar-refractivity contribution in [1.29, 1.82) is 0 Å². The molecule has 1 aliphatic carbocycles. The number of amides is 1. The third-order valence-electron chi connectivity index (χ3n) is 4.90. The zero-order chi connectivity index (χ0) is 20.6. The molecule has 11 heteroatoms. The number of aliphatic hydroxyl groups is 2. The Morgan fingerprint density at radius 2 is 2.04 bits per heavy atom. The summed E-state index contributed by atoms with van der Waals surface area (Å²) in [6.45, 7) is 3.83. The minimum atomic E-state index is -1.45. The van der Waals surface area contributed by atoms with Crippen molar-refractivity contribution in [3.05, 3.63) is 50.8 Å². The Labute approximate surface area is 158 Å². The highest BCUT2D eigenvalue weighted by Crippen LogP contribution is 2.28. The highest BCUT2D eigenvalue weighted by atomic mass is 19.1. The second kappa shape index (κ2) is 7.68. The molecule has 1 saturated carbocycles. The molecule has 1 amide bonds. The highest BCUT2D eigenvalue weighted by Gasteiger charge is 2.39. The zero-order valence-corrected chi connectivity index (χ0v) is 15.4. The molecular formula is C17H22FN5O5. The van der Waals surface area contributed by atoms with Gasteiger partial charge in [-0.3, -0.25) is 23.8 Å². The van der Waals surface area contributed by atoms with Crippen LogP contribution in [0, 0.1) is 5.82 Å². The number of nitrogens with one attached hydrogen (secondary N) is 2. The largest absolute Gasteiger partial charge is 0.388 e. The maximum atomic E-state index is 13.5. The van der Waals surface area contributed by atoms with Gasteiger partial charge in [-0.05, 0) is 32.8 Å². The number of aliphatic hydroxyl groups excluding tert-OH is 2. The van der Waals surface area contributed by atoms with Gasteiger partial charge in [0, 0.05) is 12.2 Å². The second-order valence-electron chi connectivity index (χ2n) is 7.12. The van der Waals surface area contributed by atoms with Gasteiger partial charge in [0.05, 0.1) is 18.3 Å². The fourth-order valence-corrected chi connectivity index (χ4v) is 3.31. The minimum absolute atomic E-state index is 0.0837. The van der Waals surface area contributed by atoms with Gasteiger partial charge in [0.25, 0.3) is 11.5 Å². The first-order chi connectivity index (χ1) is 13.2. The highest BCUT2D eigenvalue weighted by molar-refractivity contribution is 5.92. The third kappa shape index (κ3) is 3.76. The average Bonchev–Trinajstić information content (AvgIpc) is 3.13. The number of hydrogen-bond acceptors (Lipinski definition) is 6. The van der Waals surface area contributed by atoms with E-state index in [9.17, 15) is 29.0 Å². The van der Waals surface area contributed by atoms with Gasteiger partial charge in [-0.1, -0.05) is 0 Å². The van der Waals surface area contributed by atoms with Crippen LogP contribution in [0.2, 0.25) is 0 Å². The normalized spacial score (nSPS) is 25.1. The number of carbonyl (C=O) groups excluding carboxylic acids is 1. The second-order valence-corrected chi connectivity index (χ2v) is 7.12. The Bertz CT molecular complexity index is 981. The number of aromatic amines is 1. The summed E-state index contributed by atoms with van der Waals surface area (Å²) in [7, 11) is 0. The van der Waals surface area contributed by atoms with Gasteiger partial charge in [-0.15, -0.1) is 0 Å². The summed E-state index contributed by atoms with van der Waals surface area (Å²) in [4.78, 5) is 37.3. The molecule has 0 bridgehead atoms. The van der Waals surface area contributed by atoms with E-state index in [0.29, 0.717) is 6.20 Å². The molecule has 0 unspecified atom stereocenters. The molecule has 0 aliphatic heterocycles. The van der Waals surface area contributed by atoms with E-state index in [1.54, 1.807) is 16.9 Å². The molecule has 3 rings (SSSR count). The molecule has 152 valence electrons. The van der Waals surface area contributed by atoms with Crippen molar-refractivity contribution in [2.45, 2.75) is 57.0 Å². The number of rotatable bonds is 4. The SMILES string of the molecule is CC(C)n1ccc(C(=O)N[C@@H]2CC[C@@H](n3cc(F)c(=O)[nH]c3=O)[C@@H](O)[C@@H]2O)n1. The van der Waals surface area contributed by atoms with Gasteiger partial charge < -0.3 is 15.5 Å². The number of aromatic nitrogens is 4. The van der Waals surface area contributed by atoms with Gasteiger partial charge in [0.15, 0.2) is 0 Å². The molecular weight excluding hydrogens is 373 g/mol.